The third kappa shape index (κ3) is 3.59. The predicted molar refractivity (Wildman–Crippen MR) is 137 cm³/mol. The molecule has 10 nitrogen and oxygen atoms in total. The van der Waals surface area contributed by atoms with Crippen molar-refractivity contribution in [2.24, 2.45) is 5.92 Å². The molecule has 1 amide bonds. The van der Waals surface area contributed by atoms with Crippen molar-refractivity contribution in [2.45, 2.75) is 55.9 Å². The minimum absolute atomic E-state index is 0.113. The van der Waals surface area contributed by atoms with Gasteiger partial charge in [-0.3, -0.25) is 4.79 Å². The molecule has 0 spiro atoms. The maximum absolute atomic E-state index is 13.3. The largest absolute Gasteiger partial charge is 0.393 e. The quantitative estimate of drug-likeness (QED) is 0.640. The molecular weight excluding hydrogens is 480 g/mol. The van der Waals surface area contributed by atoms with E-state index in [2.05, 4.69) is 10.3 Å². The van der Waals surface area contributed by atoms with Crippen LogP contribution in [0.2, 0.25) is 0 Å². The number of benzene rings is 1. The molecule has 1 atom stereocenters. The number of aromatic nitrogens is 2. The van der Waals surface area contributed by atoms with Crippen molar-refractivity contribution in [3.05, 3.63) is 35.5 Å². The van der Waals surface area contributed by atoms with Crippen LogP contribution in [0.1, 0.15) is 48.0 Å². The van der Waals surface area contributed by atoms with Crippen LogP contribution in [-0.2, 0) is 10.0 Å². The van der Waals surface area contributed by atoms with Gasteiger partial charge in [0.15, 0.2) is 5.82 Å². The van der Waals surface area contributed by atoms with Gasteiger partial charge in [-0.25, -0.2) is 17.7 Å². The number of piperidine rings is 1. The third-order valence-electron chi connectivity index (χ3n) is 8.44. The molecule has 0 radical (unpaired) electrons. The lowest BCUT2D eigenvalue weighted by Gasteiger charge is -2.39. The van der Waals surface area contributed by atoms with Crippen molar-refractivity contribution in [3.63, 3.8) is 0 Å². The van der Waals surface area contributed by atoms with E-state index in [1.165, 1.54) is 0 Å². The van der Waals surface area contributed by atoms with Crippen molar-refractivity contribution in [2.75, 3.05) is 42.3 Å². The van der Waals surface area contributed by atoms with Gasteiger partial charge in [0.25, 0.3) is 5.91 Å². The van der Waals surface area contributed by atoms with E-state index in [1.54, 1.807) is 22.4 Å². The molecule has 3 heterocycles. The average molecular weight is 513 g/mol. The first-order valence-corrected chi connectivity index (χ1v) is 14.0. The molecule has 1 aromatic carbocycles. The number of rotatable bonds is 4. The van der Waals surface area contributed by atoms with E-state index in [9.17, 15) is 18.3 Å². The van der Waals surface area contributed by atoms with Crippen LogP contribution in [0.5, 0.6) is 0 Å². The molecule has 11 heteroatoms. The molecule has 3 saturated carbocycles. The number of sulfonamides is 1. The number of anilines is 4. The number of aliphatic hydroxyl groups excluding tert-OH is 1. The lowest BCUT2D eigenvalue weighted by molar-refractivity contribution is 0.0994. The molecule has 2 aliphatic heterocycles. The van der Waals surface area contributed by atoms with Crippen LogP contribution in [0.4, 0.5) is 23.1 Å². The summed E-state index contributed by atoms with van der Waals surface area (Å²) in [5.41, 5.74) is 2.67. The minimum atomic E-state index is -3.41. The molecule has 2 N–H and O–H groups in total. The molecule has 192 valence electrons. The maximum Gasteiger partial charge on any atom is 0.260 e. The zero-order chi connectivity index (χ0) is 25.4. The number of carbonyl (C=O) groups is 1. The summed E-state index contributed by atoms with van der Waals surface area (Å²) >= 11 is 0. The minimum Gasteiger partial charge on any atom is -0.393 e. The van der Waals surface area contributed by atoms with Crippen LogP contribution in [0.3, 0.4) is 0 Å². The Bertz CT molecular complexity index is 1330. The summed E-state index contributed by atoms with van der Waals surface area (Å²) in [6, 6.07) is 5.80. The van der Waals surface area contributed by atoms with E-state index in [0.717, 1.165) is 24.1 Å². The maximum atomic E-state index is 13.3. The topological polar surface area (TPSA) is 119 Å². The second-order valence-corrected chi connectivity index (χ2v) is 13.0. The van der Waals surface area contributed by atoms with Crippen LogP contribution in [0.25, 0.3) is 0 Å². The number of hydrogen-bond acceptors (Lipinski definition) is 8. The van der Waals surface area contributed by atoms with Gasteiger partial charge in [0.2, 0.25) is 16.0 Å². The van der Waals surface area contributed by atoms with Crippen molar-refractivity contribution >= 4 is 39.1 Å². The molecule has 1 aromatic heterocycles. The zero-order valence-corrected chi connectivity index (χ0v) is 21.6. The summed E-state index contributed by atoms with van der Waals surface area (Å²) < 4.78 is 28.3. The van der Waals surface area contributed by atoms with Crippen molar-refractivity contribution < 1.29 is 18.3 Å². The standard InChI is InChI=1S/C25H32N6O4S/c1-15-4-5-19-18(10-15)23(33)30(3)20-14-26-24(27-22(20)29(19)2)28-25-11-16(12-25)21(13-25)36(34,35)31-8-6-17(32)7-9-31/h4-5,10,14,16-17,21,32H,6-9,11-13H2,1-3H3,(H,26,27,28). The Kier molecular flexibility index (Phi) is 5.33. The predicted octanol–water partition coefficient (Wildman–Crippen LogP) is 2.26. The Morgan fingerprint density at radius 2 is 1.81 bits per heavy atom. The second-order valence-electron chi connectivity index (χ2n) is 10.8. The Morgan fingerprint density at radius 1 is 1.08 bits per heavy atom. The summed E-state index contributed by atoms with van der Waals surface area (Å²) in [7, 11) is 0.204. The SMILES string of the molecule is Cc1ccc2c(c1)C(=O)N(C)c1cnc(NC34CC(C3)C(S(=O)(=O)N3CCC(O)CC3)C4)nc1N2C. The summed E-state index contributed by atoms with van der Waals surface area (Å²) in [5, 5.41) is 12.8. The molecule has 4 fully saturated rings. The first-order chi connectivity index (χ1) is 17.1. The molecule has 1 saturated heterocycles. The molecule has 2 aromatic rings. The van der Waals surface area contributed by atoms with Crippen LogP contribution >= 0.6 is 0 Å². The molecule has 2 bridgehead atoms. The van der Waals surface area contributed by atoms with E-state index < -0.39 is 21.4 Å². The van der Waals surface area contributed by atoms with E-state index in [-0.39, 0.29) is 17.4 Å². The summed E-state index contributed by atoms with van der Waals surface area (Å²) in [6.07, 6.45) is 4.30. The van der Waals surface area contributed by atoms with Gasteiger partial charge in [0, 0.05) is 32.7 Å². The number of hydrogen-bond donors (Lipinski definition) is 2. The Balaban J connectivity index is 1.25. The Morgan fingerprint density at radius 3 is 2.53 bits per heavy atom. The number of fused-ring (bicyclic) bond motifs is 3. The van der Waals surface area contributed by atoms with Gasteiger partial charge in [0.05, 0.1) is 28.8 Å². The van der Waals surface area contributed by atoms with Crippen molar-refractivity contribution in [3.8, 4) is 0 Å². The number of carbonyl (C=O) groups excluding carboxylic acids is 1. The number of aryl methyl sites for hydroxylation is 1. The molecule has 36 heavy (non-hydrogen) atoms. The summed E-state index contributed by atoms with van der Waals surface area (Å²) in [6.45, 7) is 2.74. The molecule has 3 aliphatic carbocycles. The fourth-order valence-corrected chi connectivity index (χ4v) is 8.69. The monoisotopic (exact) mass is 512 g/mol. The first-order valence-electron chi connectivity index (χ1n) is 12.5. The highest BCUT2D eigenvalue weighted by Gasteiger charge is 2.61. The third-order valence-corrected chi connectivity index (χ3v) is 10.8. The average Bonchev–Trinajstić information content (AvgIpc) is 3.37. The fourth-order valence-electron chi connectivity index (χ4n) is 6.38. The fraction of sp³-hybridized carbons (Fsp3) is 0.560. The van der Waals surface area contributed by atoms with Gasteiger partial charge < -0.3 is 20.2 Å². The smallest absolute Gasteiger partial charge is 0.260 e. The Labute approximate surface area is 211 Å². The van der Waals surface area contributed by atoms with E-state index in [0.29, 0.717) is 55.4 Å². The molecule has 7 rings (SSSR count). The van der Waals surface area contributed by atoms with Gasteiger partial charge in [-0.05, 0) is 57.1 Å². The summed E-state index contributed by atoms with van der Waals surface area (Å²) in [4.78, 5) is 26.0. The van der Waals surface area contributed by atoms with Gasteiger partial charge in [0.1, 0.15) is 5.69 Å². The highest BCUT2D eigenvalue weighted by Crippen LogP contribution is 2.56. The van der Waals surface area contributed by atoms with Crippen LogP contribution in [0, 0.1) is 12.8 Å². The van der Waals surface area contributed by atoms with Gasteiger partial charge in [-0.1, -0.05) is 11.6 Å². The van der Waals surface area contributed by atoms with E-state index in [1.807, 2.05) is 37.1 Å². The van der Waals surface area contributed by atoms with Crippen LogP contribution < -0.4 is 15.1 Å². The highest BCUT2D eigenvalue weighted by atomic mass is 32.2. The van der Waals surface area contributed by atoms with Crippen LogP contribution in [0.15, 0.2) is 24.4 Å². The first kappa shape index (κ1) is 23.6. The molecule has 5 aliphatic rings. The molecule has 1 unspecified atom stereocenters. The number of nitrogens with zero attached hydrogens (tertiary/aromatic N) is 5. The number of nitrogens with one attached hydrogen (secondary N) is 1. The van der Waals surface area contributed by atoms with Crippen molar-refractivity contribution in [1.29, 1.82) is 0 Å². The number of amides is 1. The zero-order valence-electron chi connectivity index (χ0n) is 20.8. The second kappa shape index (κ2) is 8.12. The van der Waals surface area contributed by atoms with E-state index in [4.69, 9.17) is 4.98 Å². The van der Waals surface area contributed by atoms with Gasteiger partial charge in [-0.2, -0.15) is 4.98 Å². The van der Waals surface area contributed by atoms with Gasteiger partial charge >= 0.3 is 0 Å². The normalized spacial score (nSPS) is 28.4. The molecular formula is C25H32N6O4S. The summed E-state index contributed by atoms with van der Waals surface area (Å²) in [5.74, 6) is 1.07. The van der Waals surface area contributed by atoms with Gasteiger partial charge in [-0.15, -0.1) is 0 Å². The highest BCUT2D eigenvalue weighted by molar-refractivity contribution is 7.89. The van der Waals surface area contributed by atoms with Crippen molar-refractivity contribution in [1.82, 2.24) is 14.3 Å². The van der Waals surface area contributed by atoms with Crippen LogP contribution in [-0.4, -0.2) is 77.8 Å². The lowest BCUT2D eigenvalue weighted by Crippen LogP contribution is -2.45. The number of aliphatic hydroxyl groups is 1. The Hall–Kier alpha value is -2.76. The lowest BCUT2D eigenvalue weighted by atomic mass is 9.77. The van der Waals surface area contributed by atoms with E-state index >= 15 is 0 Å².